The molecule has 3 atom stereocenters. The molecule has 0 heterocycles. The first-order valence-electron chi connectivity index (χ1n) is 27.9. The van der Waals surface area contributed by atoms with Gasteiger partial charge in [-0.1, -0.05) is 211 Å². The largest absolute Gasteiger partial charge is 0.472 e. The van der Waals surface area contributed by atoms with Crippen LogP contribution in [0.2, 0.25) is 0 Å². The summed E-state index contributed by atoms with van der Waals surface area (Å²) in [5.74, 6) is -1.48. The smallest absolute Gasteiger partial charge is 0.462 e. The van der Waals surface area contributed by atoms with Gasteiger partial charge in [-0.2, -0.15) is 0 Å². The van der Waals surface area contributed by atoms with E-state index in [0.29, 0.717) is 19.3 Å². The van der Waals surface area contributed by atoms with Gasteiger partial charge in [0, 0.05) is 19.3 Å². The number of carbonyl (C=O) groups is 3. The maximum absolute atomic E-state index is 12.9. The Labute approximate surface area is 416 Å². The number of hydrogen-bond acceptors (Lipinski definition) is 10. The highest BCUT2D eigenvalue weighted by molar-refractivity contribution is 7.47. The third-order valence-corrected chi connectivity index (χ3v) is 13.0. The summed E-state index contributed by atoms with van der Waals surface area (Å²) in [6.45, 7) is 4.58. The zero-order valence-electron chi connectivity index (χ0n) is 43.8. The van der Waals surface area contributed by atoms with E-state index in [2.05, 4.69) is 57.2 Å². The summed E-state index contributed by atoms with van der Waals surface area (Å²) < 4.78 is 39.4. The number of allylic oxidation sites excluding steroid dienone is 6. The van der Waals surface area contributed by atoms with Crippen molar-refractivity contribution in [3.05, 3.63) is 36.5 Å². The van der Waals surface area contributed by atoms with Crippen LogP contribution in [-0.4, -0.2) is 66.5 Å². The van der Waals surface area contributed by atoms with Crippen LogP contribution in [0.4, 0.5) is 0 Å². The molecule has 0 spiro atoms. The zero-order chi connectivity index (χ0) is 49.9. The predicted molar refractivity (Wildman–Crippen MR) is 279 cm³/mol. The van der Waals surface area contributed by atoms with Crippen LogP contribution in [-0.2, 0) is 42.2 Å². The highest BCUT2D eigenvalue weighted by Gasteiger charge is 2.28. The molecule has 0 bridgehead atoms. The van der Waals surface area contributed by atoms with E-state index < -0.39 is 57.8 Å². The third kappa shape index (κ3) is 48.7. The van der Waals surface area contributed by atoms with Crippen molar-refractivity contribution in [1.82, 2.24) is 0 Å². The molecule has 12 heteroatoms. The van der Waals surface area contributed by atoms with Crippen LogP contribution in [0.3, 0.4) is 0 Å². The summed E-state index contributed by atoms with van der Waals surface area (Å²) in [5, 5.41) is 9.80. The lowest BCUT2D eigenvalue weighted by Gasteiger charge is -2.21. The van der Waals surface area contributed by atoms with Gasteiger partial charge in [0.2, 0.25) is 0 Å². The summed E-state index contributed by atoms with van der Waals surface area (Å²) in [7, 11) is -4.74. The molecule has 0 saturated carbocycles. The Morgan fingerprint density at radius 1 is 0.412 bits per heavy atom. The molecule has 398 valence electrons. The van der Waals surface area contributed by atoms with E-state index in [1.165, 1.54) is 103 Å². The highest BCUT2D eigenvalue weighted by atomic mass is 31.2. The number of phosphoric acid groups is 1. The van der Waals surface area contributed by atoms with Crippen molar-refractivity contribution in [1.29, 1.82) is 0 Å². The first-order valence-corrected chi connectivity index (χ1v) is 29.4. The number of esters is 3. The third-order valence-electron chi connectivity index (χ3n) is 12.0. The molecule has 2 N–H and O–H groups in total. The molecule has 68 heavy (non-hydrogen) atoms. The molecule has 0 aromatic rings. The van der Waals surface area contributed by atoms with Crippen molar-refractivity contribution in [3.63, 3.8) is 0 Å². The van der Waals surface area contributed by atoms with Gasteiger partial charge in [-0.25, -0.2) is 4.57 Å². The molecule has 0 saturated heterocycles. The van der Waals surface area contributed by atoms with E-state index in [-0.39, 0.29) is 25.9 Å². The van der Waals surface area contributed by atoms with Gasteiger partial charge in [-0.15, -0.1) is 0 Å². The Kier molecular flexibility index (Phi) is 49.3. The van der Waals surface area contributed by atoms with Crippen molar-refractivity contribution >= 4 is 25.7 Å². The topological polar surface area (TPSA) is 155 Å². The first kappa shape index (κ1) is 65.7. The van der Waals surface area contributed by atoms with Crippen molar-refractivity contribution < 1.29 is 52.2 Å². The second-order valence-electron chi connectivity index (χ2n) is 18.7. The fourth-order valence-corrected chi connectivity index (χ4v) is 8.50. The normalized spacial score (nSPS) is 13.7. The zero-order valence-corrected chi connectivity index (χ0v) is 44.7. The van der Waals surface area contributed by atoms with Gasteiger partial charge in [0.15, 0.2) is 6.10 Å². The van der Waals surface area contributed by atoms with Crippen LogP contribution in [0, 0.1) is 0 Å². The summed E-state index contributed by atoms with van der Waals surface area (Å²) in [6, 6.07) is 0. The number of ether oxygens (including phenoxy) is 3. The Bertz CT molecular complexity index is 1280. The van der Waals surface area contributed by atoms with Crippen molar-refractivity contribution in [3.8, 4) is 0 Å². The maximum Gasteiger partial charge on any atom is 0.472 e. The lowest BCUT2D eigenvalue weighted by Crippen LogP contribution is -2.30. The fraction of sp³-hybridized carbons (Fsp3) is 0.839. The Morgan fingerprint density at radius 2 is 0.735 bits per heavy atom. The molecule has 3 unspecified atom stereocenters. The van der Waals surface area contributed by atoms with Crippen molar-refractivity contribution in [2.24, 2.45) is 0 Å². The molecule has 0 rings (SSSR count). The number of rotatable bonds is 52. The van der Waals surface area contributed by atoms with Crippen LogP contribution in [0.15, 0.2) is 36.5 Å². The van der Waals surface area contributed by atoms with E-state index in [1.807, 2.05) is 0 Å². The fourth-order valence-electron chi connectivity index (χ4n) is 7.72. The quantitative estimate of drug-likeness (QED) is 0.0197. The minimum Gasteiger partial charge on any atom is -0.462 e. The summed E-state index contributed by atoms with van der Waals surface area (Å²) in [4.78, 5) is 48.4. The van der Waals surface area contributed by atoms with Gasteiger partial charge in [0.05, 0.1) is 19.8 Å². The van der Waals surface area contributed by atoms with Gasteiger partial charge in [-0.3, -0.25) is 23.4 Å². The monoisotopic (exact) mass is 983 g/mol. The number of phosphoric ester groups is 1. The predicted octanol–water partition coefficient (Wildman–Crippen LogP) is 16.0. The van der Waals surface area contributed by atoms with E-state index in [0.717, 1.165) is 103 Å². The molecule has 0 aliphatic heterocycles. The molecule has 0 fully saturated rings. The number of aliphatic hydroxyl groups is 1. The summed E-state index contributed by atoms with van der Waals surface area (Å²) in [5.41, 5.74) is 0. The van der Waals surface area contributed by atoms with Crippen LogP contribution < -0.4 is 0 Å². The number of aliphatic hydroxyl groups excluding tert-OH is 1. The SMILES string of the molecule is CCCC/C=C\CCCCCCCC(=O)OCC(COP(=O)(O)OCC(CO)OC(=O)CCCCCCCCCCCCCCCCC)OC(=O)CCCCCCC/C=C\C/C=C\CCCCC. The van der Waals surface area contributed by atoms with Crippen molar-refractivity contribution in [2.75, 3.05) is 26.4 Å². The van der Waals surface area contributed by atoms with Crippen LogP contribution in [0.5, 0.6) is 0 Å². The van der Waals surface area contributed by atoms with Gasteiger partial charge in [0.1, 0.15) is 12.7 Å². The average Bonchev–Trinajstić information content (AvgIpc) is 3.32. The first-order chi connectivity index (χ1) is 33.2. The molecule has 11 nitrogen and oxygen atoms in total. The average molecular weight is 983 g/mol. The second kappa shape index (κ2) is 51.1. The molecular formula is C56H103O11P. The van der Waals surface area contributed by atoms with Gasteiger partial charge in [-0.05, 0) is 70.6 Å². The van der Waals surface area contributed by atoms with E-state index in [4.69, 9.17) is 23.3 Å². The molecule has 0 aromatic carbocycles. The van der Waals surface area contributed by atoms with Gasteiger partial charge in [0.25, 0.3) is 0 Å². The van der Waals surface area contributed by atoms with E-state index >= 15 is 0 Å². The molecular weight excluding hydrogens is 880 g/mol. The van der Waals surface area contributed by atoms with E-state index in [1.54, 1.807) is 0 Å². The van der Waals surface area contributed by atoms with Gasteiger partial charge < -0.3 is 24.2 Å². The summed E-state index contributed by atoms with van der Waals surface area (Å²) in [6.07, 6.45) is 51.0. The highest BCUT2D eigenvalue weighted by Crippen LogP contribution is 2.43. The lowest BCUT2D eigenvalue weighted by atomic mass is 10.0. The minimum absolute atomic E-state index is 0.152. The standard InChI is InChI=1S/C56H103O11P/c1-4-7-10-13-16-19-22-24-26-28-31-34-37-40-43-46-55(59)66-52(48-57)50-64-68(61,62)65-51-53(49-63-54(58)45-42-39-36-33-30-21-18-15-12-9-6-3)67-56(60)47-44-41-38-35-32-29-27-25-23-20-17-14-11-8-5-2/h15,17-18,20,25,27,52-53,57H,4-14,16,19,21-24,26,28-51H2,1-3H3,(H,61,62)/b18-15-,20-17-,27-25-. The van der Waals surface area contributed by atoms with Gasteiger partial charge >= 0.3 is 25.7 Å². The molecule has 0 aliphatic rings. The molecule has 0 aromatic heterocycles. The van der Waals surface area contributed by atoms with Crippen LogP contribution >= 0.6 is 7.82 Å². The number of unbranched alkanes of at least 4 members (excludes halogenated alkanes) is 29. The second-order valence-corrected chi connectivity index (χ2v) is 20.2. The Morgan fingerprint density at radius 3 is 1.18 bits per heavy atom. The maximum atomic E-state index is 12.9. The minimum atomic E-state index is -4.74. The lowest BCUT2D eigenvalue weighted by molar-refractivity contribution is -0.161. The van der Waals surface area contributed by atoms with E-state index in [9.17, 15) is 28.9 Å². The Balaban J connectivity index is 4.69. The molecule has 0 aliphatic carbocycles. The van der Waals surface area contributed by atoms with Crippen LogP contribution in [0.25, 0.3) is 0 Å². The molecule has 0 radical (unpaired) electrons. The van der Waals surface area contributed by atoms with Crippen molar-refractivity contribution in [2.45, 2.75) is 277 Å². The summed E-state index contributed by atoms with van der Waals surface area (Å²) >= 11 is 0. The molecule has 0 amide bonds. The Hall–Kier alpha value is -2.30. The van der Waals surface area contributed by atoms with Crippen LogP contribution in [0.1, 0.15) is 265 Å². The number of carbonyl (C=O) groups excluding carboxylic acids is 3. The number of hydrogen-bond donors (Lipinski definition) is 2.